The van der Waals surface area contributed by atoms with Crippen LogP contribution in [0, 0.1) is 6.92 Å². The van der Waals surface area contributed by atoms with Crippen LogP contribution in [-0.4, -0.2) is 11.0 Å². The number of carbonyl (C=O) groups excluding carboxylic acids is 1. The van der Waals surface area contributed by atoms with E-state index in [2.05, 4.69) is 21.2 Å². The molecule has 0 aliphatic heterocycles. The summed E-state index contributed by atoms with van der Waals surface area (Å²) in [5.41, 5.74) is 1.94. The number of phenols is 1. The molecule has 0 saturated heterocycles. The van der Waals surface area contributed by atoms with Gasteiger partial charge >= 0.3 is 0 Å². The molecular formula is C14H11BrClNO2. The molecule has 0 spiro atoms. The molecule has 2 aromatic carbocycles. The molecule has 0 saturated carbocycles. The smallest absolute Gasteiger partial charge is 0.255 e. The number of halogens is 2. The lowest BCUT2D eigenvalue weighted by Gasteiger charge is -2.09. The lowest BCUT2D eigenvalue weighted by molar-refractivity contribution is 0.102. The van der Waals surface area contributed by atoms with Crippen molar-refractivity contribution in [3.05, 3.63) is 57.0 Å². The first-order valence-electron chi connectivity index (χ1n) is 5.53. The fourth-order valence-corrected chi connectivity index (χ4v) is 2.11. The molecule has 0 heterocycles. The summed E-state index contributed by atoms with van der Waals surface area (Å²) in [6, 6.07) is 10.1. The molecule has 0 aliphatic carbocycles. The zero-order valence-corrected chi connectivity index (χ0v) is 12.4. The molecule has 19 heavy (non-hydrogen) atoms. The van der Waals surface area contributed by atoms with E-state index in [-0.39, 0.29) is 16.7 Å². The molecule has 2 N–H and O–H groups in total. The fraction of sp³-hybridized carbons (Fsp3) is 0.0714. The molecule has 98 valence electrons. The predicted octanol–water partition coefficient (Wildman–Crippen LogP) is 4.37. The van der Waals surface area contributed by atoms with Crippen LogP contribution in [-0.2, 0) is 0 Å². The second-order valence-electron chi connectivity index (χ2n) is 4.08. The van der Waals surface area contributed by atoms with Gasteiger partial charge in [0.05, 0.1) is 5.02 Å². The average molecular weight is 341 g/mol. The summed E-state index contributed by atoms with van der Waals surface area (Å²) in [7, 11) is 0. The Morgan fingerprint density at radius 3 is 2.68 bits per heavy atom. The molecule has 0 atom stereocenters. The number of hydrogen-bond donors (Lipinski definition) is 2. The van der Waals surface area contributed by atoms with Crippen LogP contribution in [0.1, 0.15) is 15.9 Å². The minimum Gasteiger partial charge on any atom is -0.506 e. The van der Waals surface area contributed by atoms with Gasteiger partial charge in [0.1, 0.15) is 5.75 Å². The van der Waals surface area contributed by atoms with Gasteiger partial charge in [-0.3, -0.25) is 4.79 Å². The van der Waals surface area contributed by atoms with E-state index in [4.69, 9.17) is 11.6 Å². The third-order valence-electron chi connectivity index (χ3n) is 2.65. The standard InChI is InChI=1S/C14H11BrClNO2/c1-8-2-3-9(15)6-11(8)14(19)17-10-4-5-12(16)13(18)7-10/h2-7,18H,1H3,(H,17,19). The average Bonchev–Trinajstić information content (AvgIpc) is 2.36. The fourth-order valence-electron chi connectivity index (χ4n) is 1.63. The van der Waals surface area contributed by atoms with Crippen molar-refractivity contribution in [2.45, 2.75) is 6.92 Å². The van der Waals surface area contributed by atoms with Crippen molar-refractivity contribution < 1.29 is 9.90 Å². The van der Waals surface area contributed by atoms with Crippen LogP contribution < -0.4 is 5.32 Å². The third kappa shape index (κ3) is 3.28. The van der Waals surface area contributed by atoms with Crippen LogP contribution >= 0.6 is 27.5 Å². The largest absolute Gasteiger partial charge is 0.506 e. The minimum atomic E-state index is -0.236. The predicted molar refractivity (Wildman–Crippen MR) is 79.9 cm³/mol. The van der Waals surface area contributed by atoms with Gasteiger partial charge < -0.3 is 10.4 Å². The Kier molecular flexibility index (Phi) is 4.12. The zero-order chi connectivity index (χ0) is 14.0. The molecule has 0 aromatic heterocycles. The quantitative estimate of drug-likeness (QED) is 0.853. The molecular weight excluding hydrogens is 330 g/mol. The van der Waals surface area contributed by atoms with E-state index >= 15 is 0 Å². The highest BCUT2D eigenvalue weighted by Crippen LogP contribution is 2.26. The summed E-state index contributed by atoms with van der Waals surface area (Å²) in [6.07, 6.45) is 0. The van der Waals surface area contributed by atoms with E-state index in [1.54, 1.807) is 12.1 Å². The lowest BCUT2D eigenvalue weighted by atomic mass is 10.1. The maximum absolute atomic E-state index is 12.1. The number of aromatic hydroxyl groups is 1. The van der Waals surface area contributed by atoms with Crippen LogP contribution in [0.2, 0.25) is 5.02 Å². The normalized spacial score (nSPS) is 10.3. The van der Waals surface area contributed by atoms with Crippen LogP contribution in [0.25, 0.3) is 0 Å². The number of carbonyl (C=O) groups is 1. The second kappa shape index (κ2) is 5.63. The van der Waals surface area contributed by atoms with Gasteiger partial charge in [-0.05, 0) is 36.8 Å². The summed E-state index contributed by atoms with van der Waals surface area (Å²) in [5, 5.41) is 12.5. The Hall–Kier alpha value is -1.52. The SMILES string of the molecule is Cc1ccc(Br)cc1C(=O)Nc1ccc(Cl)c(O)c1. The van der Waals surface area contributed by atoms with Crippen LogP contribution in [0.4, 0.5) is 5.69 Å². The highest BCUT2D eigenvalue weighted by molar-refractivity contribution is 9.10. The number of rotatable bonds is 2. The Labute approximate surface area is 124 Å². The maximum Gasteiger partial charge on any atom is 0.255 e. The number of anilines is 1. The van der Waals surface area contributed by atoms with Crippen molar-refractivity contribution in [2.24, 2.45) is 0 Å². The summed E-state index contributed by atoms with van der Waals surface area (Å²) < 4.78 is 0.835. The molecule has 1 amide bonds. The molecule has 2 aromatic rings. The summed E-state index contributed by atoms with van der Waals surface area (Å²) in [5.74, 6) is -0.300. The first-order chi connectivity index (χ1) is 8.97. The van der Waals surface area contributed by atoms with E-state index in [9.17, 15) is 9.90 Å². The Morgan fingerprint density at radius 2 is 2.00 bits per heavy atom. The van der Waals surface area contributed by atoms with Crippen LogP contribution in [0.15, 0.2) is 40.9 Å². The first kappa shape index (κ1) is 13.9. The molecule has 0 aliphatic rings. The van der Waals surface area contributed by atoms with Gasteiger partial charge in [-0.15, -0.1) is 0 Å². The van der Waals surface area contributed by atoms with Crippen molar-refractivity contribution >= 4 is 39.1 Å². The minimum absolute atomic E-state index is 0.0644. The second-order valence-corrected chi connectivity index (χ2v) is 5.40. The molecule has 2 rings (SSSR count). The first-order valence-corrected chi connectivity index (χ1v) is 6.70. The third-order valence-corrected chi connectivity index (χ3v) is 3.46. The maximum atomic E-state index is 12.1. The van der Waals surface area contributed by atoms with Gasteiger partial charge in [0, 0.05) is 21.8 Å². The number of phenolic OH excluding ortho intramolecular Hbond substituents is 1. The Bertz CT molecular complexity index is 643. The molecule has 5 heteroatoms. The highest BCUT2D eigenvalue weighted by atomic mass is 79.9. The van der Waals surface area contributed by atoms with E-state index in [1.807, 2.05) is 19.1 Å². The van der Waals surface area contributed by atoms with Crippen molar-refractivity contribution in [3.8, 4) is 5.75 Å². The summed E-state index contributed by atoms with van der Waals surface area (Å²) in [4.78, 5) is 12.1. The highest BCUT2D eigenvalue weighted by Gasteiger charge is 2.10. The van der Waals surface area contributed by atoms with E-state index in [0.717, 1.165) is 10.0 Å². The van der Waals surface area contributed by atoms with Gasteiger partial charge in [0.2, 0.25) is 0 Å². The molecule has 0 radical (unpaired) electrons. The van der Waals surface area contributed by atoms with Gasteiger partial charge in [0.15, 0.2) is 0 Å². The number of aryl methyl sites for hydroxylation is 1. The van der Waals surface area contributed by atoms with Gasteiger partial charge in [-0.2, -0.15) is 0 Å². The molecule has 0 unspecified atom stereocenters. The monoisotopic (exact) mass is 339 g/mol. The van der Waals surface area contributed by atoms with Crippen molar-refractivity contribution in [3.63, 3.8) is 0 Å². The number of nitrogens with one attached hydrogen (secondary N) is 1. The van der Waals surface area contributed by atoms with Gasteiger partial charge in [-0.1, -0.05) is 33.6 Å². The zero-order valence-electron chi connectivity index (χ0n) is 10.1. The summed E-state index contributed by atoms with van der Waals surface area (Å²) >= 11 is 9.05. The van der Waals surface area contributed by atoms with Crippen molar-refractivity contribution in [1.82, 2.24) is 0 Å². The lowest BCUT2D eigenvalue weighted by Crippen LogP contribution is -2.13. The van der Waals surface area contributed by atoms with Crippen LogP contribution in [0.3, 0.4) is 0 Å². The Balaban J connectivity index is 2.25. The number of hydrogen-bond acceptors (Lipinski definition) is 2. The molecule has 0 bridgehead atoms. The van der Waals surface area contributed by atoms with E-state index in [1.165, 1.54) is 12.1 Å². The molecule has 3 nitrogen and oxygen atoms in total. The summed E-state index contributed by atoms with van der Waals surface area (Å²) in [6.45, 7) is 1.86. The van der Waals surface area contributed by atoms with E-state index < -0.39 is 0 Å². The van der Waals surface area contributed by atoms with Crippen molar-refractivity contribution in [2.75, 3.05) is 5.32 Å². The van der Waals surface area contributed by atoms with Crippen molar-refractivity contribution in [1.29, 1.82) is 0 Å². The van der Waals surface area contributed by atoms with Gasteiger partial charge in [0.25, 0.3) is 5.91 Å². The Morgan fingerprint density at radius 1 is 1.26 bits per heavy atom. The number of benzene rings is 2. The van der Waals surface area contributed by atoms with E-state index in [0.29, 0.717) is 11.3 Å². The topological polar surface area (TPSA) is 49.3 Å². The molecule has 0 fully saturated rings. The van der Waals surface area contributed by atoms with Gasteiger partial charge in [-0.25, -0.2) is 0 Å². The van der Waals surface area contributed by atoms with Crippen LogP contribution in [0.5, 0.6) is 5.75 Å². The number of amides is 1.